The number of allylic oxidation sites excluding steroid dienone is 1. The average molecular weight is 716 g/mol. The monoisotopic (exact) mass is 714 g/mol. The molecule has 3 amide bonds. The van der Waals surface area contributed by atoms with Gasteiger partial charge in [0.25, 0.3) is 0 Å². The third-order valence-corrected chi connectivity index (χ3v) is 10.5. The van der Waals surface area contributed by atoms with E-state index in [0.29, 0.717) is 42.8 Å². The van der Waals surface area contributed by atoms with Crippen molar-refractivity contribution in [1.29, 1.82) is 0 Å². The Hall–Kier alpha value is -3.10. The topological polar surface area (TPSA) is 138 Å². The van der Waals surface area contributed by atoms with E-state index in [1.807, 2.05) is 42.5 Å². The minimum absolute atomic E-state index is 0.133. The Morgan fingerprint density at radius 1 is 1.00 bits per heavy atom. The number of amides is 3. The molecule has 1 spiro atoms. The Labute approximate surface area is 283 Å². The van der Waals surface area contributed by atoms with E-state index in [1.165, 1.54) is 4.90 Å². The number of carbonyl (C=O) groups is 4. The summed E-state index contributed by atoms with van der Waals surface area (Å²) in [4.78, 5) is 61.7. The molecule has 1 aromatic rings. The van der Waals surface area contributed by atoms with E-state index in [-0.39, 0.29) is 50.3 Å². The van der Waals surface area contributed by atoms with E-state index in [1.54, 1.807) is 17.9 Å². The zero-order valence-corrected chi connectivity index (χ0v) is 28.2. The molecular weight excluding hydrogens is 672 g/mol. The molecular formula is C34H43BrN4O8. The summed E-state index contributed by atoms with van der Waals surface area (Å²) in [5.74, 6) is -3.52. The summed E-state index contributed by atoms with van der Waals surface area (Å²) in [6.07, 6.45) is 4.87. The largest absolute Gasteiger partial charge is 0.455 e. The Morgan fingerprint density at radius 2 is 1.77 bits per heavy atom. The van der Waals surface area contributed by atoms with Crippen LogP contribution in [-0.2, 0) is 33.4 Å². The van der Waals surface area contributed by atoms with Crippen LogP contribution in [0.4, 0.5) is 0 Å². The molecule has 1 aromatic carbocycles. The number of aliphatic hydroxyl groups excluding tert-OH is 1. The molecule has 0 unspecified atom stereocenters. The number of esters is 1. The number of ether oxygens (including phenoxy) is 3. The molecule has 5 aliphatic heterocycles. The number of benzene rings is 1. The summed E-state index contributed by atoms with van der Waals surface area (Å²) in [5, 5.41) is 12.7. The van der Waals surface area contributed by atoms with Crippen molar-refractivity contribution in [2.45, 2.75) is 56.1 Å². The molecule has 5 bridgehead atoms. The predicted molar refractivity (Wildman–Crippen MR) is 174 cm³/mol. The molecule has 5 aliphatic rings. The molecule has 0 aromatic heterocycles. The summed E-state index contributed by atoms with van der Waals surface area (Å²) in [6.45, 7) is 5.83. The van der Waals surface area contributed by atoms with Crippen LogP contribution >= 0.6 is 15.9 Å². The Kier molecular flexibility index (Phi) is 10.5. The van der Waals surface area contributed by atoms with Crippen molar-refractivity contribution in [2.24, 2.45) is 11.8 Å². The molecule has 47 heavy (non-hydrogen) atoms. The van der Waals surface area contributed by atoms with E-state index >= 15 is 0 Å². The standard InChI is InChI=1S/C34H43BrN4O8/c1-22-28(23-9-4-2-5-10-23)46-33(44)26-27-31(42)39(13-8-18-40)30(34(27)21-24(35)29(26)47-34)32(43)38(12-7-3-6-11-25(41)36-22)15-14-37-16-19-45-20-17-37/h2-5,7,9-10,21-22,26-30,40H,6,8,11-20H2,1H3,(H,36,41)/b7-3-/t22-,26+,27-,28+,29+,30+,34-/m0/s1. The second-order valence-corrected chi connectivity index (χ2v) is 13.7. The van der Waals surface area contributed by atoms with Crippen molar-refractivity contribution in [3.05, 3.63) is 58.6 Å². The smallest absolute Gasteiger partial charge is 0.313 e. The molecule has 0 radical (unpaired) electrons. The van der Waals surface area contributed by atoms with Crippen LogP contribution in [0.1, 0.15) is 37.9 Å². The van der Waals surface area contributed by atoms with Gasteiger partial charge in [-0.2, -0.15) is 0 Å². The number of halogens is 1. The fourth-order valence-electron chi connectivity index (χ4n) is 7.54. The first-order valence-electron chi connectivity index (χ1n) is 16.5. The first-order chi connectivity index (χ1) is 22.7. The van der Waals surface area contributed by atoms with E-state index in [0.717, 1.165) is 13.1 Å². The first-order valence-corrected chi connectivity index (χ1v) is 17.3. The molecule has 0 saturated carbocycles. The van der Waals surface area contributed by atoms with Crippen LogP contribution in [0.5, 0.6) is 0 Å². The minimum atomic E-state index is -1.40. The summed E-state index contributed by atoms with van der Waals surface area (Å²) in [7, 11) is 0. The van der Waals surface area contributed by atoms with Gasteiger partial charge in [0, 0.05) is 56.8 Å². The van der Waals surface area contributed by atoms with Gasteiger partial charge in [-0.1, -0.05) is 58.4 Å². The van der Waals surface area contributed by atoms with Gasteiger partial charge in [0.05, 0.1) is 25.2 Å². The van der Waals surface area contributed by atoms with Crippen LogP contribution in [0.15, 0.2) is 53.0 Å². The van der Waals surface area contributed by atoms with Crippen LogP contribution in [0.2, 0.25) is 0 Å². The normalized spacial score (nSPS) is 34.2. The molecule has 7 atom stereocenters. The highest BCUT2D eigenvalue weighted by molar-refractivity contribution is 9.11. The van der Waals surface area contributed by atoms with Gasteiger partial charge in [-0.3, -0.25) is 24.1 Å². The van der Waals surface area contributed by atoms with Gasteiger partial charge < -0.3 is 34.4 Å². The Bertz CT molecular complexity index is 1400. The number of nitrogens with one attached hydrogen (secondary N) is 1. The third kappa shape index (κ3) is 6.65. The van der Waals surface area contributed by atoms with Crippen LogP contribution in [0.3, 0.4) is 0 Å². The Morgan fingerprint density at radius 3 is 2.51 bits per heavy atom. The van der Waals surface area contributed by atoms with Gasteiger partial charge in [0.15, 0.2) is 0 Å². The lowest BCUT2D eigenvalue weighted by Gasteiger charge is -2.37. The molecule has 3 saturated heterocycles. The second-order valence-electron chi connectivity index (χ2n) is 12.8. The maximum Gasteiger partial charge on any atom is 0.313 e. The lowest BCUT2D eigenvalue weighted by molar-refractivity contribution is -0.161. The zero-order chi connectivity index (χ0) is 33.1. The molecule has 6 rings (SSSR count). The quantitative estimate of drug-likeness (QED) is 0.318. The molecule has 2 N–H and O–H groups in total. The maximum atomic E-state index is 14.7. The van der Waals surface area contributed by atoms with Crippen molar-refractivity contribution >= 4 is 39.6 Å². The zero-order valence-electron chi connectivity index (χ0n) is 26.6. The third-order valence-electron chi connectivity index (χ3n) is 9.84. The van der Waals surface area contributed by atoms with Gasteiger partial charge in [0.1, 0.15) is 29.8 Å². The molecule has 0 aliphatic carbocycles. The summed E-state index contributed by atoms with van der Waals surface area (Å²) in [6, 6.07) is 7.58. The van der Waals surface area contributed by atoms with Crippen LogP contribution in [0.25, 0.3) is 0 Å². The number of morpholine rings is 1. The van der Waals surface area contributed by atoms with Gasteiger partial charge in [-0.05, 0) is 31.4 Å². The van der Waals surface area contributed by atoms with Gasteiger partial charge in [0.2, 0.25) is 17.7 Å². The summed E-state index contributed by atoms with van der Waals surface area (Å²) >= 11 is 3.59. The molecule has 5 heterocycles. The highest BCUT2D eigenvalue weighted by Crippen LogP contribution is 2.59. The molecule has 254 valence electrons. The van der Waals surface area contributed by atoms with Gasteiger partial charge in [-0.25, -0.2) is 0 Å². The molecule has 3 fully saturated rings. The fourth-order valence-corrected chi connectivity index (χ4v) is 8.28. The summed E-state index contributed by atoms with van der Waals surface area (Å²) < 4.78 is 18.9. The van der Waals surface area contributed by atoms with Crippen molar-refractivity contribution in [2.75, 3.05) is 59.1 Å². The van der Waals surface area contributed by atoms with E-state index in [4.69, 9.17) is 14.2 Å². The van der Waals surface area contributed by atoms with Crippen molar-refractivity contribution in [1.82, 2.24) is 20.0 Å². The van der Waals surface area contributed by atoms with Crippen LogP contribution in [0, 0.1) is 11.8 Å². The Balaban J connectivity index is 1.38. The SMILES string of the molecule is C[C@@H]1NC(=O)CC/C=C\CN(CCN2CCOCC2)C(=O)[C@H]2N(CCCO)C(=O)[C@@H]3[C@@H](C(=O)O[C@H]1c1ccccc1)[C@@H]1O[C@@]32C=C1Br. The van der Waals surface area contributed by atoms with Gasteiger partial charge >= 0.3 is 5.97 Å². The van der Waals surface area contributed by atoms with Crippen LogP contribution in [-0.4, -0.2) is 126 Å². The average Bonchev–Trinajstić information content (AvgIpc) is 3.66. The number of aliphatic hydroxyl groups is 1. The van der Waals surface area contributed by atoms with E-state index in [2.05, 4.69) is 26.1 Å². The second kappa shape index (κ2) is 14.6. The highest BCUT2D eigenvalue weighted by atomic mass is 79.9. The van der Waals surface area contributed by atoms with Crippen molar-refractivity contribution in [3.8, 4) is 0 Å². The number of cyclic esters (lactones) is 1. The number of carbonyl (C=O) groups excluding carboxylic acids is 4. The lowest BCUT2D eigenvalue weighted by Crippen LogP contribution is -2.57. The van der Waals surface area contributed by atoms with E-state index < -0.39 is 47.7 Å². The first kappa shape index (κ1) is 33.8. The predicted octanol–water partition coefficient (Wildman–Crippen LogP) is 1.54. The summed E-state index contributed by atoms with van der Waals surface area (Å²) in [5.41, 5.74) is -0.695. The van der Waals surface area contributed by atoms with Crippen molar-refractivity contribution < 1.29 is 38.5 Å². The minimum Gasteiger partial charge on any atom is -0.455 e. The van der Waals surface area contributed by atoms with Crippen molar-refractivity contribution in [3.63, 3.8) is 0 Å². The van der Waals surface area contributed by atoms with E-state index in [9.17, 15) is 24.3 Å². The fraction of sp³-hybridized carbons (Fsp3) is 0.588. The van der Waals surface area contributed by atoms with Gasteiger partial charge in [-0.15, -0.1) is 0 Å². The molecule has 12 nitrogen and oxygen atoms in total. The maximum absolute atomic E-state index is 14.7. The number of fused-ring (bicyclic) bond motifs is 2. The molecule has 13 heteroatoms. The highest BCUT2D eigenvalue weighted by Gasteiger charge is 2.74. The van der Waals surface area contributed by atoms with Crippen LogP contribution < -0.4 is 5.32 Å². The number of likely N-dealkylation sites (tertiary alicyclic amines) is 1. The number of nitrogens with zero attached hydrogens (tertiary/aromatic N) is 3. The number of hydrogen-bond donors (Lipinski definition) is 2. The number of hydrogen-bond acceptors (Lipinski definition) is 9. The number of rotatable bonds is 7. The lowest BCUT2D eigenvalue weighted by atomic mass is 9.74.